The second-order valence-electron chi connectivity index (χ2n) is 5.78. The number of rotatable bonds is 3. The third kappa shape index (κ3) is 3.62. The van der Waals surface area contributed by atoms with Gasteiger partial charge in [0.1, 0.15) is 12.2 Å². The highest BCUT2D eigenvalue weighted by atomic mass is 16.6. The first-order valence-corrected chi connectivity index (χ1v) is 6.46. The smallest absolute Gasteiger partial charge is 0.410 e. The van der Waals surface area contributed by atoms with Gasteiger partial charge in [0.15, 0.2) is 5.75 Å². The topological polar surface area (TPSA) is 56.6 Å². The van der Waals surface area contributed by atoms with Crippen molar-refractivity contribution in [3.8, 4) is 5.75 Å². The molecular weight excluding hydrogens is 246 g/mol. The van der Waals surface area contributed by atoms with E-state index in [1.165, 1.54) is 0 Å². The van der Waals surface area contributed by atoms with Gasteiger partial charge in [-0.1, -0.05) is 0 Å². The van der Waals surface area contributed by atoms with Crippen molar-refractivity contribution < 1.29 is 14.3 Å². The standard InChI is InChI=1S/C13H21N3O3/c1-13(2,3)19-12(17)16-6-5-10(16)9-18-11-7-14-15(4)8-11/h7-8,10H,5-6,9H2,1-4H3/t10-/m0/s1. The van der Waals surface area contributed by atoms with E-state index in [0.717, 1.165) is 18.7 Å². The number of hydrogen-bond donors (Lipinski definition) is 0. The normalized spacial score (nSPS) is 18.9. The Balaban J connectivity index is 1.80. The van der Waals surface area contributed by atoms with Crippen LogP contribution in [0.25, 0.3) is 0 Å². The summed E-state index contributed by atoms with van der Waals surface area (Å²) in [5.41, 5.74) is -0.457. The Bertz CT molecular complexity index is 450. The first kappa shape index (κ1) is 13.7. The molecule has 1 amide bonds. The number of hydrogen-bond acceptors (Lipinski definition) is 4. The Morgan fingerprint density at radius 1 is 1.53 bits per heavy atom. The molecule has 19 heavy (non-hydrogen) atoms. The first-order chi connectivity index (χ1) is 8.85. The lowest BCUT2D eigenvalue weighted by molar-refractivity contribution is -0.0141. The molecule has 0 aliphatic carbocycles. The second-order valence-corrected chi connectivity index (χ2v) is 5.78. The summed E-state index contributed by atoms with van der Waals surface area (Å²) in [5, 5.41) is 4.03. The van der Waals surface area contributed by atoms with Gasteiger partial charge in [-0.05, 0) is 27.2 Å². The minimum Gasteiger partial charge on any atom is -0.488 e. The van der Waals surface area contributed by atoms with Crippen LogP contribution >= 0.6 is 0 Å². The molecular formula is C13H21N3O3. The van der Waals surface area contributed by atoms with Gasteiger partial charge in [-0.3, -0.25) is 4.68 Å². The van der Waals surface area contributed by atoms with Crippen LogP contribution in [-0.2, 0) is 11.8 Å². The molecule has 1 aromatic heterocycles. The third-order valence-electron chi connectivity index (χ3n) is 2.90. The zero-order valence-corrected chi connectivity index (χ0v) is 11.9. The molecule has 0 N–H and O–H groups in total. The number of ether oxygens (including phenoxy) is 2. The number of carbonyl (C=O) groups excluding carboxylic acids is 1. The third-order valence-corrected chi connectivity index (χ3v) is 2.90. The second kappa shape index (κ2) is 5.11. The van der Waals surface area contributed by atoms with E-state index in [1.807, 2.05) is 27.8 Å². The Kier molecular flexibility index (Phi) is 3.68. The average molecular weight is 267 g/mol. The molecule has 0 aromatic carbocycles. The maximum absolute atomic E-state index is 11.9. The number of carbonyl (C=O) groups is 1. The molecule has 0 radical (unpaired) electrons. The van der Waals surface area contributed by atoms with Gasteiger partial charge in [0.05, 0.1) is 18.4 Å². The number of amides is 1. The van der Waals surface area contributed by atoms with Gasteiger partial charge in [-0.25, -0.2) is 4.79 Å². The van der Waals surface area contributed by atoms with Crippen LogP contribution in [0.2, 0.25) is 0 Å². The molecule has 0 unspecified atom stereocenters. The van der Waals surface area contributed by atoms with Gasteiger partial charge >= 0.3 is 6.09 Å². The highest BCUT2D eigenvalue weighted by Crippen LogP contribution is 2.22. The molecule has 2 heterocycles. The highest BCUT2D eigenvalue weighted by Gasteiger charge is 2.35. The molecule has 1 saturated heterocycles. The van der Waals surface area contributed by atoms with Gasteiger partial charge in [0, 0.05) is 13.6 Å². The lowest BCUT2D eigenvalue weighted by Crippen LogP contribution is -2.55. The molecule has 1 fully saturated rings. The van der Waals surface area contributed by atoms with Crippen molar-refractivity contribution in [2.45, 2.75) is 38.8 Å². The van der Waals surface area contributed by atoms with Crippen LogP contribution in [0, 0.1) is 0 Å². The minimum atomic E-state index is -0.457. The van der Waals surface area contributed by atoms with Crippen molar-refractivity contribution in [2.24, 2.45) is 7.05 Å². The summed E-state index contributed by atoms with van der Waals surface area (Å²) in [5.74, 6) is 0.721. The molecule has 6 nitrogen and oxygen atoms in total. The summed E-state index contributed by atoms with van der Waals surface area (Å²) < 4.78 is 12.6. The van der Waals surface area contributed by atoms with Gasteiger partial charge in [0.2, 0.25) is 0 Å². The number of nitrogens with zero attached hydrogens (tertiary/aromatic N) is 3. The van der Waals surface area contributed by atoms with E-state index in [1.54, 1.807) is 22.0 Å². The lowest BCUT2D eigenvalue weighted by atomic mass is 10.1. The van der Waals surface area contributed by atoms with E-state index in [9.17, 15) is 4.79 Å². The molecule has 0 bridgehead atoms. The van der Waals surface area contributed by atoms with Crippen molar-refractivity contribution in [1.29, 1.82) is 0 Å². The summed E-state index contributed by atoms with van der Waals surface area (Å²) in [4.78, 5) is 13.6. The molecule has 2 rings (SSSR count). The van der Waals surface area contributed by atoms with E-state index < -0.39 is 5.60 Å². The predicted molar refractivity (Wildman–Crippen MR) is 70.0 cm³/mol. The zero-order chi connectivity index (χ0) is 14.0. The van der Waals surface area contributed by atoms with E-state index in [-0.39, 0.29) is 12.1 Å². The molecule has 106 valence electrons. The summed E-state index contributed by atoms with van der Waals surface area (Å²) in [6.07, 6.45) is 4.14. The van der Waals surface area contributed by atoms with Crippen LogP contribution in [0.5, 0.6) is 5.75 Å². The fraction of sp³-hybridized carbons (Fsp3) is 0.692. The van der Waals surface area contributed by atoms with Crippen LogP contribution in [-0.4, -0.2) is 45.6 Å². The summed E-state index contributed by atoms with van der Waals surface area (Å²) >= 11 is 0. The van der Waals surface area contributed by atoms with E-state index in [0.29, 0.717) is 6.61 Å². The van der Waals surface area contributed by atoms with Crippen LogP contribution in [0.4, 0.5) is 4.79 Å². The largest absolute Gasteiger partial charge is 0.488 e. The summed E-state index contributed by atoms with van der Waals surface area (Å²) in [7, 11) is 1.84. The van der Waals surface area contributed by atoms with Crippen molar-refractivity contribution in [3.63, 3.8) is 0 Å². The predicted octanol–water partition coefficient (Wildman–Crippen LogP) is 1.81. The molecule has 0 spiro atoms. The Morgan fingerprint density at radius 3 is 2.74 bits per heavy atom. The fourth-order valence-corrected chi connectivity index (χ4v) is 1.84. The van der Waals surface area contributed by atoms with Crippen molar-refractivity contribution in [2.75, 3.05) is 13.2 Å². The fourth-order valence-electron chi connectivity index (χ4n) is 1.84. The Labute approximate surface area is 113 Å². The SMILES string of the molecule is Cn1cc(OC[C@@H]2CCN2C(=O)OC(C)(C)C)cn1. The van der Waals surface area contributed by atoms with Crippen molar-refractivity contribution >= 4 is 6.09 Å². The monoisotopic (exact) mass is 267 g/mol. The number of likely N-dealkylation sites (tertiary alicyclic amines) is 1. The van der Waals surface area contributed by atoms with Crippen LogP contribution in [0.1, 0.15) is 27.2 Å². The summed E-state index contributed by atoms with van der Waals surface area (Å²) in [6.45, 7) is 6.81. The quantitative estimate of drug-likeness (QED) is 0.838. The van der Waals surface area contributed by atoms with E-state index >= 15 is 0 Å². The molecule has 1 atom stereocenters. The maximum Gasteiger partial charge on any atom is 0.410 e. The molecule has 1 aromatic rings. The van der Waals surface area contributed by atoms with Crippen LogP contribution < -0.4 is 4.74 Å². The van der Waals surface area contributed by atoms with Gasteiger partial charge in [-0.15, -0.1) is 0 Å². The molecule has 1 aliphatic rings. The van der Waals surface area contributed by atoms with Gasteiger partial charge < -0.3 is 14.4 Å². The van der Waals surface area contributed by atoms with Gasteiger partial charge in [-0.2, -0.15) is 5.10 Å². The molecule has 0 saturated carbocycles. The van der Waals surface area contributed by atoms with Crippen LogP contribution in [0.15, 0.2) is 12.4 Å². The van der Waals surface area contributed by atoms with Crippen LogP contribution in [0.3, 0.4) is 0 Å². The maximum atomic E-state index is 11.9. The number of aryl methyl sites for hydroxylation is 1. The lowest BCUT2D eigenvalue weighted by Gasteiger charge is -2.40. The van der Waals surface area contributed by atoms with Gasteiger partial charge in [0.25, 0.3) is 0 Å². The minimum absolute atomic E-state index is 0.0926. The molecule has 1 aliphatic heterocycles. The van der Waals surface area contributed by atoms with Crippen molar-refractivity contribution in [3.05, 3.63) is 12.4 Å². The molecule has 6 heteroatoms. The Morgan fingerprint density at radius 2 is 2.26 bits per heavy atom. The Hall–Kier alpha value is -1.72. The van der Waals surface area contributed by atoms with E-state index in [4.69, 9.17) is 9.47 Å². The zero-order valence-electron chi connectivity index (χ0n) is 11.9. The highest BCUT2D eigenvalue weighted by molar-refractivity contribution is 5.69. The average Bonchev–Trinajstić information content (AvgIpc) is 2.59. The summed E-state index contributed by atoms with van der Waals surface area (Å²) in [6, 6.07) is 0.0926. The number of aromatic nitrogens is 2. The first-order valence-electron chi connectivity index (χ1n) is 6.46. The van der Waals surface area contributed by atoms with E-state index in [2.05, 4.69) is 5.10 Å². The van der Waals surface area contributed by atoms with Crippen molar-refractivity contribution in [1.82, 2.24) is 14.7 Å².